The number of nitrogens with zero attached hydrogens (tertiary/aromatic N) is 2. The summed E-state index contributed by atoms with van der Waals surface area (Å²) >= 11 is 7.52. The molecule has 0 unspecified atom stereocenters. The van der Waals surface area contributed by atoms with Crippen molar-refractivity contribution in [1.82, 2.24) is 15.1 Å². The number of hydrogen-bond acceptors (Lipinski definition) is 5. The Labute approximate surface area is 130 Å². The monoisotopic (exact) mass is 320 g/mol. The molecule has 3 heterocycles. The van der Waals surface area contributed by atoms with Gasteiger partial charge in [0.15, 0.2) is 5.82 Å². The van der Waals surface area contributed by atoms with E-state index in [0.29, 0.717) is 11.7 Å². The summed E-state index contributed by atoms with van der Waals surface area (Å²) in [6, 6.07) is 3.86. The lowest BCUT2D eigenvalue weighted by molar-refractivity contribution is 0.229. The standard InChI is InChI=1S/C14H13ClN4OS/c15-11-3-2-10(21-11)8-6-17-7-9(8)12-18-13(19-20-12)14(16)4-1-5-14/h2-3,6-7,17H,1,4-5,16H2. The van der Waals surface area contributed by atoms with Crippen molar-refractivity contribution in [2.45, 2.75) is 24.8 Å². The van der Waals surface area contributed by atoms with Gasteiger partial charge in [-0.2, -0.15) is 4.98 Å². The number of aromatic amines is 1. The largest absolute Gasteiger partial charge is 0.366 e. The van der Waals surface area contributed by atoms with Gasteiger partial charge in [-0.15, -0.1) is 11.3 Å². The van der Waals surface area contributed by atoms with E-state index >= 15 is 0 Å². The minimum atomic E-state index is -0.412. The van der Waals surface area contributed by atoms with Crippen LogP contribution in [0.15, 0.2) is 29.0 Å². The predicted octanol–water partition coefficient (Wildman–Crippen LogP) is 3.78. The first-order chi connectivity index (χ1) is 10.2. The van der Waals surface area contributed by atoms with Crippen LogP contribution in [0.3, 0.4) is 0 Å². The van der Waals surface area contributed by atoms with E-state index in [-0.39, 0.29) is 0 Å². The van der Waals surface area contributed by atoms with Crippen LogP contribution in [0, 0.1) is 0 Å². The van der Waals surface area contributed by atoms with Crippen LogP contribution in [-0.4, -0.2) is 15.1 Å². The van der Waals surface area contributed by atoms with Gasteiger partial charge in [0.1, 0.15) is 0 Å². The molecule has 3 N–H and O–H groups in total. The number of halogens is 1. The summed E-state index contributed by atoms with van der Waals surface area (Å²) in [5.41, 5.74) is 7.70. The van der Waals surface area contributed by atoms with Crippen LogP contribution in [0.4, 0.5) is 0 Å². The lowest BCUT2D eigenvalue weighted by Gasteiger charge is -2.34. The molecule has 1 aliphatic carbocycles. The summed E-state index contributed by atoms with van der Waals surface area (Å²) in [4.78, 5) is 8.63. The fourth-order valence-electron chi connectivity index (χ4n) is 2.52. The molecule has 4 rings (SSSR count). The van der Waals surface area contributed by atoms with E-state index in [9.17, 15) is 0 Å². The molecule has 1 saturated carbocycles. The Morgan fingerprint density at radius 2 is 2.10 bits per heavy atom. The van der Waals surface area contributed by atoms with Crippen molar-refractivity contribution in [2.24, 2.45) is 5.73 Å². The highest BCUT2D eigenvalue weighted by Gasteiger charge is 2.39. The highest BCUT2D eigenvalue weighted by atomic mass is 35.5. The third-order valence-electron chi connectivity index (χ3n) is 3.93. The molecule has 3 aromatic heterocycles. The van der Waals surface area contributed by atoms with Gasteiger partial charge in [0.05, 0.1) is 15.4 Å². The number of H-pyrrole nitrogens is 1. The Morgan fingerprint density at radius 3 is 2.76 bits per heavy atom. The molecule has 21 heavy (non-hydrogen) atoms. The van der Waals surface area contributed by atoms with Crippen LogP contribution in [0.2, 0.25) is 4.34 Å². The lowest BCUT2D eigenvalue weighted by atomic mass is 9.77. The molecule has 0 bridgehead atoms. The summed E-state index contributed by atoms with van der Waals surface area (Å²) in [5, 5.41) is 4.06. The van der Waals surface area contributed by atoms with E-state index < -0.39 is 5.54 Å². The second-order valence-electron chi connectivity index (χ2n) is 5.32. The summed E-state index contributed by atoms with van der Waals surface area (Å²) < 4.78 is 6.16. The minimum absolute atomic E-state index is 0.412. The first-order valence-corrected chi connectivity index (χ1v) is 7.91. The number of rotatable bonds is 3. The Balaban J connectivity index is 1.73. The quantitative estimate of drug-likeness (QED) is 0.769. The van der Waals surface area contributed by atoms with Crippen molar-refractivity contribution in [3.8, 4) is 21.9 Å². The van der Waals surface area contributed by atoms with Crippen molar-refractivity contribution < 1.29 is 4.52 Å². The van der Waals surface area contributed by atoms with Crippen LogP contribution in [0.25, 0.3) is 21.9 Å². The molecular weight excluding hydrogens is 308 g/mol. The molecule has 1 fully saturated rings. The average Bonchev–Trinajstić information content (AvgIpc) is 3.14. The number of hydrogen-bond donors (Lipinski definition) is 2. The van der Waals surface area contributed by atoms with Crippen molar-refractivity contribution in [3.05, 3.63) is 34.7 Å². The second-order valence-corrected chi connectivity index (χ2v) is 7.03. The van der Waals surface area contributed by atoms with Gasteiger partial charge >= 0.3 is 0 Å². The molecule has 0 radical (unpaired) electrons. The van der Waals surface area contributed by atoms with Crippen LogP contribution in [0.5, 0.6) is 0 Å². The van der Waals surface area contributed by atoms with Gasteiger partial charge < -0.3 is 15.2 Å². The zero-order valence-electron chi connectivity index (χ0n) is 11.1. The molecule has 0 atom stereocenters. The number of thiophene rings is 1. The Bertz CT molecular complexity index is 786. The van der Waals surface area contributed by atoms with Crippen molar-refractivity contribution in [3.63, 3.8) is 0 Å². The van der Waals surface area contributed by atoms with E-state index in [1.165, 1.54) is 11.3 Å². The van der Waals surface area contributed by atoms with Crippen molar-refractivity contribution in [1.29, 1.82) is 0 Å². The summed E-state index contributed by atoms with van der Waals surface area (Å²) in [5.74, 6) is 1.09. The molecule has 0 spiro atoms. The van der Waals surface area contributed by atoms with Crippen LogP contribution < -0.4 is 5.73 Å². The second kappa shape index (κ2) is 4.69. The van der Waals surface area contributed by atoms with Gasteiger partial charge in [0, 0.05) is 22.8 Å². The molecule has 5 nitrogen and oxygen atoms in total. The Hall–Kier alpha value is -1.63. The van der Waals surface area contributed by atoms with E-state index in [1.54, 1.807) is 0 Å². The maximum Gasteiger partial charge on any atom is 0.260 e. The fraction of sp³-hybridized carbons (Fsp3) is 0.286. The van der Waals surface area contributed by atoms with Crippen molar-refractivity contribution >= 4 is 22.9 Å². The molecule has 0 amide bonds. The van der Waals surface area contributed by atoms with Crippen LogP contribution >= 0.6 is 22.9 Å². The Kier molecular flexibility index (Phi) is 2.92. The third-order valence-corrected chi connectivity index (χ3v) is 5.20. The first-order valence-electron chi connectivity index (χ1n) is 6.72. The molecule has 0 aromatic carbocycles. The minimum Gasteiger partial charge on any atom is -0.366 e. The van der Waals surface area contributed by atoms with E-state index in [1.807, 2.05) is 24.5 Å². The summed E-state index contributed by atoms with van der Waals surface area (Å²) in [7, 11) is 0. The number of nitrogens with one attached hydrogen (secondary N) is 1. The van der Waals surface area contributed by atoms with E-state index in [0.717, 1.165) is 39.6 Å². The highest BCUT2D eigenvalue weighted by molar-refractivity contribution is 7.19. The van der Waals surface area contributed by atoms with Gasteiger partial charge in [0.25, 0.3) is 5.89 Å². The normalized spacial score (nSPS) is 16.9. The average molecular weight is 321 g/mol. The lowest BCUT2D eigenvalue weighted by Crippen LogP contribution is -2.44. The molecule has 7 heteroatoms. The van der Waals surface area contributed by atoms with Crippen molar-refractivity contribution in [2.75, 3.05) is 0 Å². The molecule has 0 aliphatic heterocycles. The van der Waals surface area contributed by atoms with Gasteiger partial charge in [-0.05, 0) is 31.4 Å². The summed E-state index contributed by atoms with van der Waals surface area (Å²) in [6.07, 6.45) is 6.69. The summed E-state index contributed by atoms with van der Waals surface area (Å²) in [6.45, 7) is 0. The maximum atomic E-state index is 6.24. The van der Waals surface area contributed by atoms with Gasteiger partial charge in [-0.3, -0.25) is 0 Å². The topological polar surface area (TPSA) is 80.7 Å². The molecule has 3 aromatic rings. The number of aromatic nitrogens is 3. The van der Waals surface area contributed by atoms with Gasteiger partial charge in [-0.25, -0.2) is 0 Å². The van der Waals surface area contributed by atoms with E-state index in [4.69, 9.17) is 21.9 Å². The fourth-order valence-corrected chi connectivity index (χ4v) is 3.59. The first kappa shape index (κ1) is 13.1. The molecule has 1 aliphatic rings. The van der Waals surface area contributed by atoms with Crippen LogP contribution in [0.1, 0.15) is 25.1 Å². The van der Waals surface area contributed by atoms with Gasteiger partial charge in [0.2, 0.25) is 0 Å². The zero-order valence-corrected chi connectivity index (χ0v) is 12.7. The number of nitrogens with two attached hydrogens (primary N) is 1. The molecule has 0 saturated heterocycles. The smallest absolute Gasteiger partial charge is 0.260 e. The third kappa shape index (κ3) is 2.10. The SMILES string of the molecule is NC1(c2noc(-c3c[nH]cc3-c3ccc(Cl)s3)n2)CCC1. The van der Waals surface area contributed by atoms with Gasteiger partial charge in [-0.1, -0.05) is 16.8 Å². The predicted molar refractivity (Wildman–Crippen MR) is 82.1 cm³/mol. The van der Waals surface area contributed by atoms with Crippen LogP contribution in [-0.2, 0) is 5.54 Å². The molecular formula is C14H13ClN4OS. The maximum absolute atomic E-state index is 6.24. The zero-order chi connectivity index (χ0) is 14.4. The van der Waals surface area contributed by atoms with E-state index in [2.05, 4.69) is 15.1 Å². The Morgan fingerprint density at radius 1 is 1.29 bits per heavy atom. The highest BCUT2D eigenvalue weighted by Crippen LogP contribution is 2.40. The molecule has 108 valence electrons.